The maximum Gasteiger partial charge on any atom is 0.271 e. The molecule has 8 heteroatoms. The molecule has 27 heavy (non-hydrogen) atoms. The molecule has 0 atom stereocenters. The van der Waals surface area contributed by atoms with E-state index >= 15 is 0 Å². The number of hydrogen-bond acceptors (Lipinski definition) is 6. The smallest absolute Gasteiger partial charge is 0.271 e. The van der Waals surface area contributed by atoms with E-state index in [0.717, 1.165) is 0 Å². The van der Waals surface area contributed by atoms with E-state index in [4.69, 9.17) is 9.47 Å². The lowest BCUT2D eigenvalue weighted by Gasteiger charge is -2.30. The van der Waals surface area contributed by atoms with E-state index in [-0.39, 0.29) is 11.6 Å². The molecule has 0 saturated carbocycles. The van der Waals surface area contributed by atoms with Gasteiger partial charge in [-0.15, -0.1) is 0 Å². The molecule has 1 heterocycles. The average Bonchev–Trinajstić information content (AvgIpc) is 2.69. The molecule has 8 nitrogen and oxygen atoms in total. The fourth-order valence-electron chi connectivity index (χ4n) is 2.89. The first-order chi connectivity index (χ1) is 13.1. The number of hydrogen-bond donors (Lipinski definition) is 1. The zero-order valence-corrected chi connectivity index (χ0v) is 15.0. The Morgan fingerprint density at radius 1 is 1.26 bits per heavy atom. The van der Waals surface area contributed by atoms with Crippen LogP contribution in [0, 0.1) is 10.1 Å². The van der Waals surface area contributed by atoms with Crippen LogP contribution in [-0.2, 0) is 4.74 Å². The van der Waals surface area contributed by atoms with Gasteiger partial charge in [0.25, 0.3) is 11.6 Å². The van der Waals surface area contributed by atoms with Crippen molar-refractivity contribution in [3.8, 4) is 5.75 Å². The first-order valence-electron chi connectivity index (χ1n) is 8.74. The number of carbonyl (C=O) groups is 1. The van der Waals surface area contributed by atoms with Crippen LogP contribution >= 0.6 is 0 Å². The number of non-ortho nitro benzene ring substituents is 1. The number of amides is 1. The monoisotopic (exact) mass is 371 g/mol. The standard InChI is InChI=1S/C19H21N3O5/c1-2-27-16-5-3-4-14(12-16)19(23)20-17-7-6-15(22(24)25)13-18(17)21-8-10-26-11-9-21/h3-7,12-13H,2,8-11H2,1H3,(H,20,23). The van der Waals surface area contributed by atoms with E-state index in [1.54, 1.807) is 30.3 Å². The summed E-state index contributed by atoms with van der Waals surface area (Å²) in [5.74, 6) is 0.308. The molecule has 3 rings (SSSR count). The third-order valence-electron chi connectivity index (χ3n) is 4.20. The lowest BCUT2D eigenvalue weighted by Crippen LogP contribution is -2.36. The highest BCUT2D eigenvalue weighted by molar-refractivity contribution is 6.06. The molecule has 2 aromatic rings. The van der Waals surface area contributed by atoms with Crippen LogP contribution in [0.4, 0.5) is 17.1 Å². The highest BCUT2D eigenvalue weighted by Gasteiger charge is 2.20. The number of anilines is 2. The maximum absolute atomic E-state index is 12.7. The Kier molecular flexibility index (Phi) is 5.87. The summed E-state index contributed by atoms with van der Waals surface area (Å²) < 4.78 is 10.8. The minimum Gasteiger partial charge on any atom is -0.494 e. The first kappa shape index (κ1) is 18.7. The van der Waals surface area contributed by atoms with E-state index in [2.05, 4.69) is 5.32 Å². The van der Waals surface area contributed by atoms with Gasteiger partial charge in [-0.2, -0.15) is 0 Å². The van der Waals surface area contributed by atoms with Crippen LogP contribution in [-0.4, -0.2) is 43.7 Å². The minimum atomic E-state index is -0.443. The molecular formula is C19H21N3O5. The molecule has 0 spiro atoms. The third-order valence-corrected chi connectivity index (χ3v) is 4.20. The van der Waals surface area contributed by atoms with E-state index in [1.165, 1.54) is 12.1 Å². The van der Waals surface area contributed by atoms with E-state index in [9.17, 15) is 14.9 Å². The van der Waals surface area contributed by atoms with Crippen molar-refractivity contribution in [1.29, 1.82) is 0 Å². The summed E-state index contributed by atoms with van der Waals surface area (Å²) in [4.78, 5) is 25.4. The van der Waals surface area contributed by atoms with E-state index in [0.29, 0.717) is 55.6 Å². The molecule has 0 bridgehead atoms. The van der Waals surface area contributed by atoms with Crippen molar-refractivity contribution >= 4 is 23.0 Å². The average molecular weight is 371 g/mol. The number of morpholine rings is 1. The number of rotatable bonds is 6. The van der Waals surface area contributed by atoms with Crippen LogP contribution in [0.25, 0.3) is 0 Å². The highest BCUT2D eigenvalue weighted by atomic mass is 16.6. The molecule has 1 saturated heterocycles. The Hall–Kier alpha value is -3.13. The topological polar surface area (TPSA) is 93.9 Å². The molecule has 1 fully saturated rings. The molecule has 1 aliphatic heterocycles. The van der Waals surface area contributed by atoms with Gasteiger partial charge in [-0.05, 0) is 31.2 Å². The molecule has 1 aliphatic rings. The van der Waals surface area contributed by atoms with Crippen LogP contribution in [0.3, 0.4) is 0 Å². The van der Waals surface area contributed by atoms with Gasteiger partial charge in [0.2, 0.25) is 0 Å². The lowest BCUT2D eigenvalue weighted by molar-refractivity contribution is -0.384. The van der Waals surface area contributed by atoms with Crippen molar-refractivity contribution in [2.75, 3.05) is 43.1 Å². The summed E-state index contributed by atoms with van der Waals surface area (Å²) in [5.41, 5.74) is 1.57. The normalized spacial score (nSPS) is 13.9. The summed E-state index contributed by atoms with van der Waals surface area (Å²) in [6, 6.07) is 11.3. The van der Waals surface area contributed by atoms with Gasteiger partial charge < -0.3 is 19.7 Å². The second-order valence-corrected chi connectivity index (χ2v) is 5.97. The molecule has 1 amide bonds. The molecule has 0 unspecified atom stereocenters. The first-order valence-corrected chi connectivity index (χ1v) is 8.74. The number of benzene rings is 2. The number of ether oxygens (including phenoxy) is 2. The van der Waals surface area contributed by atoms with Gasteiger partial charge in [0.1, 0.15) is 5.75 Å². The van der Waals surface area contributed by atoms with Crippen LogP contribution in [0.1, 0.15) is 17.3 Å². The quantitative estimate of drug-likeness (QED) is 0.619. The minimum absolute atomic E-state index is 0.0205. The largest absolute Gasteiger partial charge is 0.494 e. The highest BCUT2D eigenvalue weighted by Crippen LogP contribution is 2.31. The Bertz CT molecular complexity index is 834. The summed E-state index contributed by atoms with van der Waals surface area (Å²) in [6.07, 6.45) is 0. The van der Waals surface area contributed by atoms with E-state index in [1.807, 2.05) is 11.8 Å². The van der Waals surface area contributed by atoms with Crippen molar-refractivity contribution in [1.82, 2.24) is 0 Å². The predicted molar refractivity (Wildman–Crippen MR) is 102 cm³/mol. The number of carbonyl (C=O) groups excluding carboxylic acids is 1. The summed E-state index contributed by atoms with van der Waals surface area (Å²) in [5, 5.41) is 14.0. The van der Waals surface area contributed by atoms with Crippen molar-refractivity contribution in [3.63, 3.8) is 0 Å². The van der Waals surface area contributed by atoms with Crippen molar-refractivity contribution in [3.05, 3.63) is 58.1 Å². The van der Waals surface area contributed by atoms with Crippen LogP contribution < -0.4 is 15.0 Å². The Morgan fingerprint density at radius 2 is 2.04 bits per heavy atom. The molecule has 142 valence electrons. The zero-order chi connectivity index (χ0) is 19.2. The second kappa shape index (κ2) is 8.50. The van der Waals surface area contributed by atoms with Crippen molar-refractivity contribution in [2.45, 2.75) is 6.92 Å². The molecule has 0 radical (unpaired) electrons. The fraction of sp³-hybridized carbons (Fsp3) is 0.316. The Balaban J connectivity index is 1.87. The number of nitrogens with one attached hydrogen (secondary N) is 1. The number of nitrogens with zero attached hydrogens (tertiary/aromatic N) is 2. The number of nitro benzene ring substituents is 1. The van der Waals surface area contributed by atoms with Gasteiger partial charge in [0.05, 0.1) is 36.1 Å². The maximum atomic E-state index is 12.7. The summed E-state index contributed by atoms with van der Waals surface area (Å²) in [6.45, 7) is 4.65. The molecule has 0 aliphatic carbocycles. The van der Waals surface area contributed by atoms with Crippen molar-refractivity contribution in [2.24, 2.45) is 0 Å². The van der Waals surface area contributed by atoms with Gasteiger partial charge in [-0.3, -0.25) is 14.9 Å². The van der Waals surface area contributed by atoms with E-state index < -0.39 is 4.92 Å². The SMILES string of the molecule is CCOc1cccc(C(=O)Nc2ccc([N+](=O)[O-])cc2N2CCOCC2)c1. The van der Waals surface area contributed by atoms with Gasteiger partial charge in [-0.1, -0.05) is 6.07 Å². The second-order valence-electron chi connectivity index (χ2n) is 5.97. The Labute approximate surface area is 156 Å². The molecule has 2 aromatic carbocycles. The number of nitro groups is 1. The van der Waals surface area contributed by atoms with Gasteiger partial charge in [0, 0.05) is 30.8 Å². The lowest BCUT2D eigenvalue weighted by atomic mass is 10.1. The van der Waals surface area contributed by atoms with Crippen molar-refractivity contribution < 1.29 is 19.2 Å². The molecule has 0 aromatic heterocycles. The zero-order valence-electron chi connectivity index (χ0n) is 15.0. The summed E-state index contributed by atoms with van der Waals surface area (Å²) in [7, 11) is 0. The van der Waals surface area contributed by atoms with Crippen LogP contribution in [0.5, 0.6) is 5.75 Å². The molecule has 1 N–H and O–H groups in total. The van der Waals surface area contributed by atoms with Crippen LogP contribution in [0.15, 0.2) is 42.5 Å². The van der Waals surface area contributed by atoms with Gasteiger partial charge >= 0.3 is 0 Å². The third kappa shape index (κ3) is 4.53. The van der Waals surface area contributed by atoms with Gasteiger partial charge in [0.15, 0.2) is 0 Å². The van der Waals surface area contributed by atoms with Crippen LogP contribution in [0.2, 0.25) is 0 Å². The predicted octanol–water partition coefficient (Wildman–Crippen LogP) is 3.08. The summed E-state index contributed by atoms with van der Waals surface area (Å²) >= 11 is 0. The fourth-order valence-corrected chi connectivity index (χ4v) is 2.89. The molecular weight excluding hydrogens is 350 g/mol. The Morgan fingerprint density at radius 3 is 2.74 bits per heavy atom. The van der Waals surface area contributed by atoms with Gasteiger partial charge in [-0.25, -0.2) is 0 Å².